The Kier molecular flexibility index (Phi) is 9.58. The predicted octanol–water partition coefficient (Wildman–Crippen LogP) is 9.88. The van der Waals surface area contributed by atoms with Crippen molar-refractivity contribution in [2.24, 2.45) is 35.5 Å². The fourth-order valence-electron chi connectivity index (χ4n) is 6.63. The van der Waals surface area contributed by atoms with E-state index in [4.69, 9.17) is 4.74 Å². The first-order chi connectivity index (χ1) is 17.3. The molecule has 0 N–H and O–H groups in total. The number of hydrogen-bond donors (Lipinski definition) is 0. The molecule has 3 aliphatic carbocycles. The number of rotatable bonds is 9. The zero-order valence-corrected chi connectivity index (χ0v) is 21.6. The van der Waals surface area contributed by atoms with Crippen LogP contribution in [0.3, 0.4) is 0 Å². The topological polar surface area (TPSA) is 9.23 Å². The molecule has 4 rings (SSSR count). The Morgan fingerprint density at radius 3 is 2.00 bits per heavy atom. The van der Waals surface area contributed by atoms with E-state index in [1.54, 1.807) is 0 Å². The second-order valence-corrected chi connectivity index (χ2v) is 11.5. The Labute approximate surface area is 214 Å². The van der Waals surface area contributed by atoms with Gasteiger partial charge in [0.2, 0.25) is 0 Å². The molecule has 2 unspecified atom stereocenters. The molecule has 2 atom stereocenters. The molecule has 1 nitrogen and oxygen atoms in total. The maximum Gasteiger partial charge on any atom is 0.400 e. The van der Waals surface area contributed by atoms with E-state index in [2.05, 4.69) is 31.2 Å². The normalized spacial score (nSPS) is 31.6. The Morgan fingerprint density at radius 2 is 1.39 bits per heavy atom. The summed E-state index contributed by atoms with van der Waals surface area (Å²) >= 11 is 0. The van der Waals surface area contributed by atoms with Crippen LogP contribution in [0.4, 0.5) is 17.6 Å². The quantitative estimate of drug-likeness (QED) is 0.239. The number of benzene rings is 1. The van der Waals surface area contributed by atoms with Crippen molar-refractivity contribution in [3.05, 3.63) is 54.1 Å². The Morgan fingerprint density at radius 1 is 0.778 bits per heavy atom. The third-order valence-electron chi connectivity index (χ3n) is 9.11. The average Bonchev–Trinajstić information content (AvgIpc) is 2.89. The number of ether oxygens (including phenoxy) is 1. The SMILES string of the molecule is CCC1C=CC(C/C=C\CC2CCC(C3CCC(C(F)(F)Oc4ccc(F)c(F)c4)CC3)CC2)CC1. The summed E-state index contributed by atoms with van der Waals surface area (Å²) in [6, 6.07) is 2.57. The van der Waals surface area contributed by atoms with E-state index in [9.17, 15) is 17.6 Å². The van der Waals surface area contributed by atoms with Crippen LogP contribution in [0.2, 0.25) is 0 Å². The lowest BCUT2D eigenvalue weighted by molar-refractivity contribution is -0.224. The molecule has 200 valence electrons. The van der Waals surface area contributed by atoms with Gasteiger partial charge in [-0.1, -0.05) is 31.2 Å². The highest BCUT2D eigenvalue weighted by Crippen LogP contribution is 2.46. The van der Waals surface area contributed by atoms with Crippen LogP contribution in [0.15, 0.2) is 42.5 Å². The zero-order valence-electron chi connectivity index (χ0n) is 21.6. The van der Waals surface area contributed by atoms with Crippen molar-refractivity contribution < 1.29 is 22.3 Å². The van der Waals surface area contributed by atoms with Crippen molar-refractivity contribution in [1.82, 2.24) is 0 Å². The minimum absolute atomic E-state index is 0.325. The predicted molar refractivity (Wildman–Crippen MR) is 137 cm³/mol. The van der Waals surface area contributed by atoms with E-state index >= 15 is 0 Å². The molecule has 0 aliphatic heterocycles. The summed E-state index contributed by atoms with van der Waals surface area (Å²) < 4.78 is 60.7. The van der Waals surface area contributed by atoms with Gasteiger partial charge < -0.3 is 4.74 Å². The molecule has 2 fully saturated rings. The minimum Gasteiger partial charge on any atom is -0.432 e. The second-order valence-electron chi connectivity index (χ2n) is 11.5. The summed E-state index contributed by atoms with van der Waals surface area (Å²) in [5.74, 6) is -0.0358. The van der Waals surface area contributed by atoms with Gasteiger partial charge in [-0.05, 0) is 125 Å². The smallest absolute Gasteiger partial charge is 0.400 e. The van der Waals surface area contributed by atoms with Crippen LogP contribution in [0.5, 0.6) is 5.75 Å². The lowest BCUT2D eigenvalue weighted by Crippen LogP contribution is -2.38. The van der Waals surface area contributed by atoms with Gasteiger partial charge >= 0.3 is 6.11 Å². The monoisotopic (exact) mass is 506 g/mol. The Hall–Kier alpha value is -1.78. The van der Waals surface area contributed by atoms with Gasteiger partial charge in [-0.2, -0.15) is 8.78 Å². The average molecular weight is 507 g/mol. The summed E-state index contributed by atoms with van der Waals surface area (Å²) in [6.45, 7) is 2.27. The molecule has 0 bridgehead atoms. The lowest BCUT2D eigenvalue weighted by Gasteiger charge is -2.39. The maximum absolute atomic E-state index is 14.7. The van der Waals surface area contributed by atoms with Gasteiger partial charge in [0, 0.05) is 6.07 Å². The molecule has 36 heavy (non-hydrogen) atoms. The highest BCUT2D eigenvalue weighted by atomic mass is 19.3. The third-order valence-corrected chi connectivity index (χ3v) is 9.11. The number of alkyl halides is 2. The van der Waals surface area contributed by atoms with Crippen molar-refractivity contribution in [3.8, 4) is 5.75 Å². The molecular formula is C31H42F4O. The van der Waals surface area contributed by atoms with Crippen LogP contribution in [0, 0.1) is 47.1 Å². The molecule has 0 saturated heterocycles. The molecule has 0 aromatic heterocycles. The lowest BCUT2D eigenvalue weighted by atomic mass is 9.68. The summed E-state index contributed by atoms with van der Waals surface area (Å²) in [5, 5.41) is 0. The molecule has 5 heteroatoms. The highest BCUT2D eigenvalue weighted by molar-refractivity contribution is 5.24. The molecule has 0 heterocycles. The van der Waals surface area contributed by atoms with Gasteiger partial charge in [0.1, 0.15) is 5.75 Å². The largest absolute Gasteiger partial charge is 0.432 e. The third kappa shape index (κ3) is 7.38. The minimum atomic E-state index is -3.37. The maximum atomic E-state index is 14.7. The van der Waals surface area contributed by atoms with E-state index in [1.807, 2.05) is 0 Å². The van der Waals surface area contributed by atoms with Crippen LogP contribution < -0.4 is 4.74 Å². The molecule has 1 aromatic rings. The van der Waals surface area contributed by atoms with Crippen molar-refractivity contribution in [2.45, 2.75) is 96.5 Å². The van der Waals surface area contributed by atoms with Crippen LogP contribution in [-0.4, -0.2) is 6.11 Å². The fourth-order valence-corrected chi connectivity index (χ4v) is 6.63. The molecular weight excluding hydrogens is 464 g/mol. The van der Waals surface area contributed by atoms with Crippen LogP contribution in [0.1, 0.15) is 90.4 Å². The van der Waals surface area contributed by atoms with Gasteiger partial charge in [0.05, 0.1) is 5.92 Å². The van der Waals surface area contributed by atoms with Gasteiger partial charge in [-0.15, -0.1) is 0 Å². The van der Waals surface area contributed by atoms with Gasteiger partial charge in [-0.25, -0.2) is 8.78 Å². The summed E-state index contributed by atoms with van der Waals surface area (Å²) in [5.41, 5.74) is 0. The Bertz CT molecular complexity index is 879. The molecule has 0 spiro atoms. The van der Waals surface area contributed by atoms with E-state index < -0.39 is 23.7 Å². The van der Waals surface area contributed by atoms with Gasteiger partial charge in [0.15, 0.2) is 11.6 Å². The standard InChI is InChI=1S/C31H42F4O/c1-2-22-7-9-23(10-8-22)5-3-4-6-24-11-13-25(14-12-24)26-15-17-27(18-16-26)31(34,35)36-28-19-20-29(32)30(33)21-28/h3-4,7,9,19-27H,2,5-6,8,10-18H2,1H3/b4-3-. The summed E-state index contributed by atoms with van der Waals surface area (Å²) in [7, 11) is 0. The first kappa shape index (κ1) is 27.3. The highest BCUT2D eigenvalue weighted by Gasteiger charge is 2.45. The van der Waals surface area contributed by atoms with Gasteiger partial charge in [-0.3, -0.25) is 0 Å². The molecule has 1 aromatic carbocycles. The van der Waals surface area contributed by atoms with Gasteiger partial charge in [0.25, 0.3) is 0 Å². The van der Waals surface area contributed by atoms with Crippen molar-refractivity contribution in [3.63, 3.8) is 0 Å². The van der Waals surface area contributed by atoms with E-state index in [1.165, 1.54) is 51.4 Å². The van der Waals surface area contributed by atoms with Crippen LogP contribution in [0.25, 0.3) is 0 Å². The number of hydrogen-bond acceptors (Lipinski definition) is 1. The second kappa shape index (κ2) is 12.6. The summed E-state index contributed by atoms with van der Waals surface area (Å²) in [4.78, 5) is 0. The van der Waals surface area contributed by atoms with Crippen molar-refractivity contribution >= 4 is 0 Å². The molecule has 2 saturated carbocycles. The number of halogens is 4. The van der Waals surface area contributed by atoms with Crippen molar-refractivity contribution in [2.75, 3.05) is 0 Å². The molecule has 0 radical (unpaired) electrons. The van der Waals surface area contributed by atoms with Crippen LogP contribution >= 0.6 is 0 Å². The first-order valence-corrected chi connectivity index (χ1v) is 14.2. The molecule has 3 aliphatic rings. The molecule has 0 amide bonds. The van der Waals surface area contributed by atoms with Crippen molar-refractivity contribution in [1.29, 1.82) is 0 Å². The fraction of sp³-hybridized carbons (Fsp3) is 0.677. The summed E-state index contributed by atoms with van der Waals surface area (Å²) in [6.07, 6.45) is 19.8. The zero-order chi connectivity index (χ0) is 25.5. The first-order valence-electron chi connectivity index (χ1n) is 14.2. The van der Waals surface area contributed by atoms with E-state index in [0.717, 1.165) is 43.2 Å². The van der Waals surface area contributed by atoms with E-state index in [0.29, 0.717) is 36.7 Å². The van der Waals surface area contributed by atoms with E-state index in [-0.39, 0.29) is 5.75 Å². The van der Waals surface area contributed by atoms with Crippen LogP contribution in [-0.2, 0) is 0 Å². The number of allylic oxidation sites excluding steroid dienone is 4. The Balaban J connectivity index is 1.14.